The molecular weight excluding hydrogens is 428 g/mol. The van der Waals surface area contributed by atoms with Crippen LogP contribution in [0.25, 0.3) is 0 Å². The molecule has 0 aliphatic heterocycles. The molecule has 3 aliphatic carbocycles. The van der Waals surface area contributed by atoms with Crippen molar-refractivity contribution < 1.29 is 15.3 Å². The standard InChI is InChI=1S/C29H42O3S/c1-6-29(32,7-2)16-9-17-33-21(4)25-13-14-26-22(10-8-15-28(25,26)5)11-12-23-18-24(30)19-27(31)20(23)3/h11-13,21,24,26-27,30-32H,3,6-8,10,14-15,17-19H2,1-2,4-5H3/t21-,24+,26-,27-,28+/m0/s1. The van der Waals surface area contributed by atoms with Crippen molar-refractivity contribution in [3.8, 4) is 11.8 Å². The van der Waals surface area contributed by atoms with Gasteiger partial charge in [0.05, 0.1) is 18.0 Å². The first-order valence-corrected chi connectivity index (χ1v) is 13.7. The second kappa shape index (κ2) is 11.0. The van der Waals surface area contributed by atoms with Crippen molar-refractivity contribution >= 4 is 11.8 Å². The van der Waals surface area contributed by atoms with Crippen molar-refractivity contribution in [1.82, 2.24) is 0 Å². The van der Waals surface area contributed by atoms with E-state index in [9.17, 15) is 15.3 Å². The first kappa shape index (κ1) is 26.4. The molecule has 5 atom stereocenters. The van der Waals surface area contributed by atoms with Crippen LogP contribution in [0.1, 0.15) is 79.1 Å². The van der Waals surface area contributed by atoms with E-state index < -0.39 is 17.8 Å². The summed E-state index contributed by atoms with van der Waals surface area (Å²) < 4.78 is 0. The highest BCUT2D eigenvalue weighted by atomic mass is 32.2. The van der Waals surface area contributed by atoms with Gasteiger partial charge in [0.1, 0.15) is 5.60 Å². The summed E-state index contributed by atoms with van der Waals surface area (Å²) in [5.74, 6) is 7.55. The molecule has 0 radical (unpaired) electrons. The average molecular weight is 471 g/mol. The van der Waals surface area contributed by atoms with Gasteiger partial charge in [-0.2, -0.15) is 0 Å². The van der Waals surface area contributed by atoms with Gasteiger partial charge in [0.15, 0.2) is 0 Å². The zero-order valence-corrected chi connectivity index (χ0v) is 21.7. The molecule has 3 aliphatic rings. The fourth-order valence-electron chi connectivity index (χ4n) is 5.83. The lowest BCUT2D eigenvalue weighted by atomic mass is 9.64. The first-order chi connectivity index (χ1) is 15.6. The minimum absolute atomic E-state index is 0.179. The molecule has 0 aromatic heterocycles. The van der Waals surface area contributed by atoms with Crippen molar-refractivity contribution in [3.05, 3.63) is 47.1 Å². The van der Waals surface area contributed by atoms with Crippen molar-refractivity contribution in [3.63, 3.8) is 0 Å². The highest BCUT2D eigenvalue weighted by molar-refractivity contribution is 8.00. The number of aliphatic hydroxyl groups excluding tert-OH is 2. The summed E-state index contributed by atoms with van der Waals surface area (Å²) in [6, 6.07) is 0. The molecule has 0 aromatic carbocycles. The third-order valence-electron chi connectivity index (χ3n) is 8.21. The lowest BCUT2D eigenvalue weighted by Crippen LogP contribution is -2.33. The third-order valence-corrected chi connectivity index (χ3v) is 9.27. The Morgan fingerprint density at radius 1 is 1.30 bits per heavy atom. The molecule has 0 bridgehead atoms. The van der Waals surface area contributed by atoms with Crippen LogP contribution in [-0.2, 0) is 0 Å². The van der Waals surface area contributed by atoms with E-state index in [4.69, 9.17) is 0 Å². The lowest BCUT2D eigenvalue weighted by Gasteiger charge is -2.42. The van der Waals surface area contributed by atoms with Gasteiger partial charge < -0.3 is 15.3 Å². The van der Waals surface area contributed by atoms with E-state index in [-0.39, 0.29) is 5.41 Å². The molecule has 2 saturated carbocycles. The summed E-state index contributed by atoms with van der Waals surface area (Å²) in [6.45, 7) is 12.7. The molecule has 3 nitrogen and oxygen atoms in total. The maximum absolute atomic E-state index is 10.4. The maximum atomic E-state index is 10.4. The molecule has 0 unspecified atom stereocenters. The Morgan fingerprint density at radius 2 is 2.03 bits per heavy atom. The van der Waals surface area contributed by atoms with Crippen LogP contribution in [0.2, 0.25) is 0 Å². The number of hydrogen-bond acceptors (Lipinski definition) is 4. The van der Waals surface area contributed by atoms with Crippen LogP contribution < -0.4 is 0 Å². The van der Waals surface area contributed by atoms with E-state index in [1.54, 1.807) is 5.57 Å². The van der Waals surface area contributed by atoms with Gasteiger partial charge in [0.25, 0.3) is 0 Å². The van der Waals surface area contributed by atoms with E-state index in [1.165, 1.54) is 18.4 Å². The molecule has 3 rings (SSSR count). The van der Waals surface area contributed by atoms with Gasteiger partial charge in [-0.1, -0.05) is 68.6 Å². The van der Waals surface area contributed by atoms with Crippen molar-refractivity contribution in [2.45, 2.75) is 102 Å². The number of thioether (sulfide) groups is 1. The molecule has 33 heavy (non-hydrogen) atoms. The molecule has 182 valence electrons. The van der Waals surface area contributed by atoms with E-state index in [0.717, 1.165) is 29.7 Å². The topological polar surface area (TPSA) is 60.7 Å². The van der Waals surface area contributed by atoms with Crippen LogP contribution in [-0.4, -0.2) is 44.1 Å². The zero-order chi connectivity index (χ0) is 24.2. The summed E-state index contributed by atoms with van der Waals surface area (Å²) in [5.41, 5.74) is 4.10. The summed E-state index contributed by atoms with van der Waals surface area (Å²) in [4.78, 5) is 0. The molecule has 2 fully saturated rings. The van der Waals surface area contributed by atoms with Gasteiger partial charge in [0, 0.05) is 11.7 Å². The number of allylic oxidation sites excluding steroid dienone is 4. The number of aliphatic hydroxyl groups is 3. The Kier molecular flexibility index (Phi) is 8.78. The van der Waals surface area contributed by atoms with Crippen LogP contribution >= 0.6 is 11.8 Å². The first-order valence-electron chi connectivity index (χ1n) is 12.6. The Bertz CT molecular complexity index is 882. The monoisotopic (exact) mass is 470 g/mol. The Balaban J connectivity index is 1.69. The van der Waals surface area contributed by atoms with Gasteiger partial charge in [-0.05, 0) is 74.3 Å². The smallest absolute Gasteiger partial charge is 0.125 e. The van der Waals surface area contributed by atoms with Gasteiger partial charge in [0.2, 0.25) is 0 Å². The van der Waals surface area contributed by atoms with Gasteiger partial charge in [-0.3, -0.25) is 0 Å². The Hall–Kier alpha value is -1.25. The molecule has 0 aromatic rings. The third kappa shape index (κ3) is 5.88. The minimum atomic E-state index is -0.846. The summed E-state index contributed by atoms with van der Waals surface area (Å²) >= 11 is 1.88. The number of hydrogen-bond donors (Lipinski definition) is 3. The fraction of sp³-hybridized carbons (Fsp3) is 0.655. The molecule has 4 heteroatoms. The number of fused-ring (bicyclic) bond motifs is 1. The average Bonchev–Trinajstić information content (AvgIpc) is 3.15. The summed E-state index contributed by atoms with van der Waals surface area (Å²) in [7, 11) is 0. The highest BCUT2D eigenvalue weighted by Crippen LogP contribution is 2.56. The maximum Gasteiger partial charge on any atom is 0.125 e. The van der Waals surface area contributed by atoms with E-state index in [2.05, 4.69) is 50.5 Å². The molecule has 0 spiro atoms. The second-order valence-electron chi connectivity index (χ2n) is 10.3. The van der Waals surface area contributed by atoms with Crippen molar-refractivity contribution in [1.29, 1.82) is 0 Å². The SMILES string of the molecule is C=C1C(=CC=C2CCC[C@]3(C)C([C@H](C)SCC#CC(O)(CC)CC)=CC[C@@H]23)C[C@@H](O)C[C@@H]1O. The number of rotatable bonds is 6. The van der Waals surface area contributed by atoms with Crippen molar-refractivity contribution in [2.24, 2.45) is 11.3 Å². The molecular formula is C29H42O3S. The second-order valence-corrected chi connectivity index (χ2v) is 11.6. The van der Waals surface area contributed by atoms with Crippen LogP contribution in [0.5, 0.6) is 0 Å². The molecule has 0 heterocycles. The summed E-state index contributed by atoms with van der Waals surface area (Å²) in [6.07, 6.45) is 12.6. The van der Waals surface area contributed by atoms with E-state index >= 15 is 0 Å². The largest absolute Gasteiger partial charge is 0.393 e. The van der Waals surface area contributed by atoms with Gasteiger partial charge in [-0.15, -0.1) is 11.8 Å². The quantitative estimate of drug-likeness (QED) is 0.343. The van der Waals surface area contributed by atoms with Gasteiger partial charge >= 0.3 is 0 Å². The van der Waals surface area contributed by atoms with E-state index in [0.29, 0.717) is 36.9 Å². The summed E-state index contributed by atoms with van der Waals surface area (Å²) in [5, 5.41) is 31.0. The highest BCUT2D eigenvalue weighted by Gasteiger charge is 2.46. The van der Waals surface area contributed by atoms with Gasteiger partial charge in [-0.25, -0.2) is 0 Å². The van der Waals surface area contributed by atoms with Crippen LogP contribution in [0.4, 0.5) is 0 Å². The van der Waals surface area contributed by atoms with Crippen LogP contribution in [0, 0.1) is 23.2 Å². The zero-order valence-electron chi connectivity index (χ0n) is 20.9. The molecule has 3 N–H and O–H groups in total. The predicted octanol–water partition coefficient (Wildman–Crippen LogP) is 5.72. The van der Waals surface area contributed by atoms with Crippen LogP contribution in [0.3, 0.4) is 0 Å². The lowest BCUT2D eigenvalue weighted by molar-refractivity contribution is 0.0862. The Labute approximate surface area is 205 Å². The fourth-order valence-corrected chi connectivity index (χ4v) is 6.78. The van der Waals surface area contributed by atoms with Crippen molar-refractivity contribution in [2.75, 3.05) is 5.75 Å². The minimum Gasteiger partial charge on any atom is -0.393 e. The normalized spacial score (nSPS) is 33.5. The van der Waals surface area contributed by atoms with E-state index in [1.807, 2.05) is 25.6 Å². The molecule has 0 saturated heterocycles. The van der Waals surface area contributed by atoms with Crippen LogP contribution in [0.15, 0.2) is 47.1 Å². The molecule has 0 amide bonds. The predicted molar refractivity (Wildman–Crippen MR) is 140 cm³/mol. The Morgan fingerprint density at radius 3 is 2.73 bits per heavy atom.